The van der Waals surface area contributed by atoms with E-state index in [1.807, 2.05) is 36.9 Å². The minimum atomic E-state index is -0.117. The first-order valence-corrected chi connectivity index (χ1v) is 12.2. The molecular weight excluding hydrogens is 408 g/mol. The number of likely N-dealkylation sites (tertiary alicyclic amines) is 1. The van der Waals surface area contributed by atoms with Crippen molar-refractivity contribution in [3.8, 4) is 0 Å². The van der Waals surface area contributed by atoms with Crippen molar-refractivity contribution in [2.45, 2.75) is 64.6 Å². The van der Waals surface area contributed by atoms with Crippen molar-refractivity contribution in [3.63, 3.8) is 0 Å². The lowest BCUT2D eigenvalue weighted by Gasteiger charge is -2.47. The van der Waals surface area contributed by atoms with Gasteiger partial charge in [-0.15, -0.1) is 11.3 Å². The van der Waals surface area contributed by atoms with Crippen LogP contribution in [0.1, 0.15) is 47.8 Å². The molecule has 0 unspecified atom stereocenters. The summed E-state index contributed by atoms with van der Waals surface area (Å²) in [6.07, 6.45) is 9.83. The molecule has 1 spiro atoms. The van der Waals surface area contributed by atoms with Crippen molar-refractivity contribution in [2.24, 2.45) is 11.6 Å². The van der Waals surface area contributed by atoms with E-state index in [9.17, 15) is 0 Å². The van der Waals surface area contributed by atoms with Gasteiger partial charge in [-0.1, -0.05) is 6.92 Å². The first-order chi connectivity index (χ1) is 14.9. The van der Waals surface area contributed by atoms with Crippen LogP contribution in [-0.4, -0.2) is 51.7 Å². The number of hydrazine groups is 1. The van der Waals surface area contributed by atoms with Gasteiger partial charge in [-0.05, 0) is 44.7 Å². The number of ether oxygens (including phenoxy) is 1. The Balaban J connectivity index is 1.35. The maximum absolute atomic E-state index is 6.45. The molecular formula is C23H36N6OS. The third-order valence-corrected chi connectivity index (χ3v) is 8.04. The summed E-state index contributed by atoms with van der Waals surface area (Å²) in [5.41, 5.74) is 8.50. The Morgan fingerprint density at radius 1 is 1.48 bits per heavy atom. The molecule has 4 N–H and O–H groups in total. The lowest BCUT2D eigenvalue weighted by atomic mass is 9.79. The molecule has 0 bridgehead atoms. The lowest BCUT2D eigenvalue weighted by Crippen LogP contribution is -2.51. The standard InChI is InChI=1S/C23H36N6OS/c1-4-20-13-21-22(31-20)5-12-30-23(21)6-8-28(17(2)14-23)15-19(24)16-29(25)11-10-27-9-7-26-18(27)3/h7,9,13,16-17H,4-6,8,10-12,14-15,24-25H2,1-3H3/b19-16-/t17-,23+/m0/s1. The second-order valence-corrected chi connectivity index (χ2v) is 10.1. The minimum absolute atomic E-state index is 0.117. The van der Waals surface area contributed by atoms with Gasteiger partial charge in [0, 0.05) is 66.1 Å². The maximum atomic E-state index is 6.45. The van der Waals surface area contributed by atoms with E-state index >= 15 is 0 Å². The largest absolute Gasteiger partial charge is 0.400 e. The number of aryl methyl sites for hydroxylation is 2. The third kappa shape index (κ3) is 4.82. The number of nitrogens with two attached hydrogens (primary N) is 2. The summed E-state index contributed by atoms with van der Waals surface area (Å²) in [5, 5.41) is 1.68. The fourth-order valence-corrected chi connectivity index (χ4v) is 6.10. The minimum Gasteiger partial charge on any atom is -0.400 e. The topological polar surface area (TPSA) is 85.6 Å². The average Bonchev–Trinajstić information content (AvgIpc) is 3.35. The normalized spacial score (nSPS) is 24.5. The van der Waals surface area contributed by atoms with Gasteiger partial charge in [-0.2, -0.15) is 0 Å². The molecule has 2 aliphatic heterocycles. The van der Waals surface area contributed by atoms with Crippen LogP contribution < -0.4 is 11.6 Å². The molecule has 0 aliphatic carbocycles. The zero-order valence-electron chi connectivity index (χ0n) is 19.0. The summed E-state index contributed by atoms with van der Waals surface area (Å²) in [6.45, 7) is 10.5. The highest BCUT2D eigenvalue weighted by molar-refractivity contribution is 7.12. The number of piperidine rings is 1. The van der Waals surface area contributed by atoms with Crippen LogP contribution in [0.2, 0.25) is 0 Å². The molecule has 1 fully saturated rings. The summed E-state index contributed by atoms with van der Waals surface area (Å²) in [5.74, 6) is 7.16. The van der Waals surface area contributed by atoms with E-state index in [-0.39, 0.29) is 5.60 Å². The first kappa shape index (κ1) is 22.3. The van der Waals surface area contributed by atoms with Crippen LogP contribution in [0, 0.1) is 6.92 Å². The zero-order valence-corrected chi connectivity index (χ0v) is 19.8. The second-order valence-electron chi connectivity index (χ2n) is 8.88. The van der Waals surface area contributed by atoms with Crippen molar-refractivity contribution >= 4 is 11.3 Å². The quantitative estimate of drug-likeness (QED) is 0.505. The van der Waals surface area contributed by atoms with Crippen LogP contribution in [0.4, 0.5) is 0 Å². The summed E-state index contributed by atoms with van der Waals surface area (Å²) in [4.78, 5) is 9.71. The van der Waals surface area contributed by atoms with Crippen LogP contribution in [0.5, 0.6) is 0 Å². The van der Waals surface area contributed by atoms with Crippen molar-refractivity contribution in [1.82, 2.24) is 19.5 Å². The SMILES string of the molecule is CCc1cc2c(s1)CCO[C@@]21CCN(C/C(N)=C/N(N)CCn2ccnc2C)[C@@H](C)C1. The highest BCUT2D eigenvalue weighted by atomic mass is 32.1. The molecule has 2 atom stereocenters. The highest BCUT2D eigenvalue weighted by Gasteiger charge is 2.44. The van der Waals surface area contributed by atoms with E-state index in [2.05, 4.69) is 34.4 Å². The molecule has 31 heavy (non-hydrogen) atoms. The number of fused-ring (bicyclic) bond motifs is 2. The van der Waals surface area contributed by atoms with E-state index in [0.29, 0.717) is 12.6 Å². The number of rotatable bonds is 7. The Hall–Kier alpha value is -1.87. The predicted octanol–water partition coefficient (Wildman–Crippen LogP) is 2.74. The molecule has 0 aromatic carbocycles. The molecule has 0 saturated carbocycles. The van der Waals surface area contributed by atoms with Gasteiger partial charge in [0.05, 0.1) is 18.8 Å². The molecule has 4 heterocycles. The Morgan fingerprint density at radius 3 is 3.03 bits per heavy atom. The fraction of sp³-hybridized carbons (Fsp3) is 0.609. The van der Waals surface area contributed by atoms with Crippen LogP contribution in [0.3, 0.4) is 0 Å². The van der Waals surface area contributed by atoms with Crippen LogP contribution in [-0.2, 0) is 29.7 Å². The van der Waals surface area contributed by atoms with Gasteiger partial charge < -0.3 is 20.0 Å². The number of nitrogens with zero attached hydrogens (tertiary/aromatic N) is 4. The summed E-state index contributed by atoms with van der Waals surface area (Å²) < 4.78 is 8.54. The van der Waals surface area contributed by atoms with Crippen LogP contribution in [0.15, 0.2) is 30.4 Å². The summed E-state index contributed by atoms with van der Waals surface area (Å²) in [7, 11) is 0. The van der Waals surface area contributed by atoms with E-state index in [1.54, 1.807) is 5.01 Å². The van der Waals surface area contributed by atoms with Gasteiger partial charge in [0.15, 0.2) is 0 Å². The van der Waals surface area contributed by atoms with Gasteiger partial charge in [-0.25, -0.2) is 10.8 Å². The smallest absolute Gasteiger partial charge is 0.105 e. The number of hydrogen-bond acceptors (Lipinski definition) is 7. The molecule has 4 rings (SSSR count). The maximum Gasteiger partial charge on any atom is 0.105 e. The highest BCUT2D eigenvalue weighted by Crippen LogP contribution is 2.46. The van der Waals surface area contributed by atoms with Crippen molar-refractivity contribution < 1.29 is 4.74 Å². The lowest BCUT2D eigenvalue weighted by molar-refractivity contribution is -0.109. The Kier molecular flexibility index (Phi) is 6.71. The Labute approximate surface area is 189 Å². The Bertz CT molecular complexity index is 921. The molecule has 2 aliphatic rings. The van der Waals surface area contributed by atoms with Crippen molar-refractivity contribution in [2.75, 3.05) is 26.2 Å². The molecule has 0 amide bonds. The monoisotopic (exact) mass is 444 g/mol. The number of aromatic nitrogens is 2. The fourth-order valence-electron chi connectivity index (χ4n) is 4.93. The van der Waals surface area contributed by atoms with E-state index < -0.39 is 0 Å². The Morgan fingerprint density at radius 2 is 2.32 bits per heavy atom. The van der Waals surface area contributed by atoms with Crippen LogP contribution in [0.25, 0.3) is 0 Å². The average molecular weight is 445 g/mol. The molecule has 170 valence electrons. The summed E-state index contributed by atoms with van der Waals surface area (Å²) in [6, 6.07) is 2.81. The van der Waals surface area contributed by atoms with Gasteiger partial charge in [0.25, 0.3) is 0 Å². The van der Waals surface area contributed by atoms with Gasteiger partial charge in [0.1, 0.15) is 5.82 Å². The van der Waals surface area contributed by atoms with Gasteiger partial charge in [-0.3, -0.25) is 4.90 Å². The molecule has 1 saturated heterocycles. The number of imidazole rings is 1. The van der Waals surface area contributed by atoms with Crippen molar-refractivity contribution in [3.05, 3.63) is 51.5 Å². The van der Waals surface area contributed by atoms with Crippen molar-refractivity contribution in [1.29, 1.82) is 0 Å². The predicted molar refractivity (Wildman–Crippen MR) is 125 cm³/mol. The van der Waals surface area contributed by atoms with Crippen LogP contribution >= 0.6 is 11.3 Å². The zero-order chi connectivity index (χ0) is 22.0. The van der Waals surface area contributed by atoms with E-state index in [4.69, 9.17) is 16.3 Å². The molecule has 0 radical (unpaired) electrons. The second kappa shape index (κ2) is 9.32. The number of hydrogen-bond donors (Lipinski definition) is 2. The van der Waals surface area contributed by atoms with E-state index in [1.165, 1.54) is 15.3 Å². The van der Waals surface area contributed by atoms with E-state index in [0.717, 1.165) is 63.4 Å². The number of thiophene rings is 1. The summed E-state index contributed by atoms with van der Waals surface area (Å²) >= 11 is 1.98. The molecule has 7 nitrogen and oxygen atoms in total. The molecule has 2 aromatic rings. The van der Waals surface area contributed by atoms with Gasteiger partial charge >= 0.3 is 0 Å². The molecule has 2 aromatic heterocycles. The van der Waals surface area contributed by atoms with Gasteiger partial charge in [0.2, 0.25) is 0 Å². The molecule has 8 heteroatoms. The third-order valence-electron chi connectivity index (χ3n) is 6.70. The first-order valence-electron chi connectivity index (χ1n) is 11.4.